The Morgan fingerprint density at radius 2 is 1.86 bits per heavy atom. The lowest BCUT2D eigenvalue weighted by molar-refractivity contribution is -0.113. The van der Waals surface area contributed by atoms with Crippen molar-refractivity contribution < 1.29 is 14.3 Å². The highest BCUT2D eigenvalue weighted by atomic mass is 32.2. The molecule has 150 valence electrons. The molecule has 1 amide bonds. The molecule has 0 radical (unpaired) electrons. The number of anilines is 1. The topological polar surface area (TPSA) is 58.6 Å². The molecule has 0 aliphatic heterocycles. The van der Waals surface area contributed by atoms with Crippen molar-refractivity contribution in [3.05, 3.63) is 41.3 Å². The molecule has 1 N–H and O–H groups in total. The minimum absolute atomic E-state index is 0.189. The van der Waals surface area contributed by atoms with E-state index in [0.29, 0.717) is 14.9 Å². The highest BCUT2D eigenvalue weighted by Crippen LogP contribution is 2.35. The van der Waals surface area contributed by atoms with Gasteiger partial charge in [0.05, 0.1) is 18.0 Å². The number of ether oxygens (including phenoxy) is 1. The van der Waals surface area contributed by atoms with E-state index >= 15 is 0 Å². The van der Waals surface area contributed by atoms with Crippen molar-refractivity contribution in [3.63, 3.8) is 0 Å². The van der Waals surface area contributed by atoms with E-state index in [1.165, 1.54) is 23.1 Å². The molecule has 0 unspecified atom stereocenters. The lowest BCUT2D eigenvalue weighted by Crippen LogP contribution is -2.28. The van der Waals surface area contributed by atoms with Crippen molar-refractivity contribution in [1.29, 1.82) is 0 Å². The molecule has 2 rings (SSSR count). The summed E-state index contributed by atoms with van der Waals surface area (Å²) in [6.07, 6.45) is 0. The van der Waals surface area contributed by atoms with Gasteiger partial charge < -0.3 is 15.0 Å². The van der Waals surface area contributed by atoms with Crippen LogP contribution in [0, 0.1) is 0 Å². The first-order chi connectivity index (χ1) is 13.5. The molecule has 0 spiro atoms. The molecule has 0 aliphatic rings. The first kappa shape index (κ1) is 22.4. The minimum atomic E-state index is -0.434. The molecule has 2 aromatic rings. The number of carbonyl (C=O) groups excluding carboxylic acids is 2. The molecule has 1 aromatic carbocycles. The van der Waals surface area contributed by atoms with Crippen molar-refractivity contribution in [2.24, 2.45) is 0 Å². The number of nitrogens with zero attached hydrogens (tertiary/aromatic N) is 1. The molecule has 0 bridgehead atoms. The lowest BCUT2D eigenvalue weighted by Gasteiger charge is -2.20. The maximum absolute atomic E-state index is 12.4. The van der Waals surface area contributed by atoms with E-state index in [4.69, 9.17) is 17.0 Å². The summed E-state index contributed by atoms with van der Waals surface area (Å²) in [7, 11) is 0. The second-order valence-electron chi connectivity index (χ2n) is 5.71. The van der Waals surface area contributed by atoms with Crippen LogP contribution in [-0.2, 0) is 9.53 Å². The zero-order valence-corrected chi connectivity index (χ0v) is 18.6. The standard InChI is InChI=1S/C20H24N2O3S3/c1-4-22(5-2)20(26)27-13-17(23)21-15-12-16(14-10-8-7-9-11-14)28-18(15)19(24)25-6-3/h7-12H,4-6,13H2,1-3H3,(H,21,23). The summed E-state index contributed by atoms with van der Waals surface area (Å²) >= 11 is 7.99. The van der Waals surface area contributed by atoms with E-state index in [-0.39, 0.29) is 18.3 Å². The zero-order chi connectivity index (χ0) is 20.5. The number of thiophene rings is 1. The van der Waals surface area contributed by atoms with Gasteiger partial charge in [0.2, 0.25) is 5.91 Å². The van der Waals surface area contributed by atoms with Crippen LogP contribution in [0.3, 0.4) is 0 Å². The van der Waals surface area contributed by atoms with E-state index in [2.05, 4.69) is 5.32 Å². The fourth-order valence-corrected chi connectivity index (χ4v) is 4.68. The summed E-state index contributed by atoms with van der Waals surface area (Å²) in [4.78, 5) is 28.1. The third-order valence-corrected chi connectivity index (χ3v) is 6.56. The molecule has 0 saturated carbocycles. The van der Waals surface area contributed by atoms with Gasteiger partial charge in [-0.15, -0.1) is 11.3 Å². The molecule has 0 atom stereocenters. The maximum atomic E-state index is 12.4. The van der Waals surface area contributed by atoms with E-state index in [0.717, 1.165) is 23.5 Å². The van der Waals surface area contributed by atoms with Crippen LogP contribution in [0.15, 0.2) is 36.4 Å². The minimum Gasteiger partial charge on any atom is -0.462 e. The van der Waals surface area contributed by atoms with Crippen molar-refractivity contribution in [3.8, 4) is 10.4 Å². The predicted molar refractivity (Wildman–Crippen MR) is 122 cm³/mol. The molecule has 28 heavy (non-hydrogen) atoms. The van der Waals surface area contributed by atoms with Gasteiger partial charge in [0.1, 0.15) is 9.20 Å². The van der Waals surface area contributed by atoms with Crippen molar-refractivity contribution in [1.82, 2.24) is 4.90 Å². The Bertz CT molecular complexity index is 817. The van der Waals surface area contributed by atoms with Gasteiger partial charge in [0, 0.05) is 18.0 Å². The van der Waals surface area contributed by atoms with Crippen LogP contribution in [0.4, 0.5) is 5.69 Å². The zero-order valence-electron chi connectivity index (χ0n) is 16.2. The Morgan fingerprint density at radius 1 is 1.18 bits per heavy atom. The van der Waals surface area contributed by atoms with Gasteiger partial charge in [0.15, 0.2) is 0 Å². The van der Waals surface area contributed by atoms with E-state index in [1.54, 1.807) is 6.92 Å². The number of thiocarbonyl (C=S) groups is 1. The van der Waals surface area contributed by atoms with Crippen LogP contribution < -0.4 is 5.32 Å². The first-order valence-electron chi connectivity index (χ1n) is 9.08. The number of rotatable bonds is 8. The van der Waals surface area contributed by atoms with Gasteiger partial charge in [0.25, 0.3) is 0 Å². The number of thioether (sulfide) groups is 1. The second kappa shape index (κ2) is 11.2. The van der Waals surface area contributed by atoms with Gasteiger partial charge in [-0.05, 0) is 32.4 Å². The van der Waals surface area contributed by atoms with Crippen LogP contribution in [-0.4, -0.2) is 46.5 Å². The second-order valence-corrected chi connectivity index (χ2v) is 8.38. The van der Waals surface area contributed by atoms with E-state index in [9.17, 15) is 9.59 Å². The monoisotopic (exact) mass is 436 g/mol. The fourth-order valence-electron chi connectivity index (χ4n) is 2.46. The summed E-state index contributed by atoms with van der Waals surface area (Å²) < 4.78 is 5.84. The van der Waals surface area contributed by atoms with Gasteiger partial charge >= 0.3 is 5.97 Å². The van der Waals surface area contributed by atoms with Crippen LogP contribution in [0.5, 0.6) is 0 Å². The quantitative estimate of drug-likeness (QED) is 0.470. The Kier molecular flexibility index (Phi) is 8.95. The third-order valence-electron chi connectivity index (χ3n) is 3.87. The average molecular weight is 437 g/mol. The maximum Gasteiger partial charge on any atom is 0.350 e. The molecule has 0 aliphatic carbocycles. The van der Waals surface area contributed by atoms with Gasteiger partial charge in [-0.3, -0.25) is 4.79 Å². The molecule has 1 heterocycles. The van der Waals surface area contributed by atoms with Gasteiger partial charge in [-0.2, -0.15) is 0 Å². The van der Waals surface area contributed by atoms with Gasteiger partial charge in [-0.1, -0.05) is 54.3 Å². The molecular weight excluding hydrogens is 412 g/mol. The number of nitrogens with one attached hydrogen (secondary N) is 1. The molecule has 8 heteroatoms. The van der Waals surface area contributed by atoms with Crippen molar-refractivity contribution in [2.45, 2.75) is 20.8 Å². The average Bonchev–Trinajstić information content (AvgIpc) is 3.12. The van der Waals surface area contributed by atoms with Crippen LogP contribution in [0.25, 0.3) is 10.4 Å². The third kappa shape index (κ3) is 6.05. The first-order valence-corrected chi connectivity index (χ1v) is 11.3. The highest BCUT2D eigenvalue weighted by Gasteiger charge is 2.20. The number of hydrogen-bond acceptors (Lipinski definition) is 6. The van der Waals surface area contributed by atoms with Crippen LogP contribution in [0.2, 0.25) is 0 Å². The summed E-state index contributed by atoms with van der Waals surface area (Å²) in [5, 5.41) is 2.84. The summed E-state index contributed by atoms with van der Waals surface area (Å²) in [6.45, 7) is 7.70. The van der Waals surface area contributed by atoms with Crippen LogP contribution >= 0.6 is 35.3 Å². The van der Waals surface area contributed by atoms with Gasteiger partial charge in [-0.25, -0.2) is 4.79 Å². The SMILES string of the molecule is CCOC(=O)c1sc(-c2ccccc2)cc1NC(=O)CSC(=S)N(CC)CC. The number of hydrogen-bond donors (Lipinski definition) is 1. The molecular formula is C20H24N2O3S3. The molecule has 1 aromatic heterocycles. The smallest absolute Gasteiger partial charge is 0.350 e. The number of esters is 1. The summed E-state index contributed by atoms with van der Waals surface area (Å²) in [5.41, 5.74) is 1.46. The molecule has 0 saturated heterocycles. The van der Waals surface area contributed by atoms with Crippen molar-refractivity contribution >= 4 is 57.2 Å². The Balaban J connectivity index is 2.14. The summed E-state index contributed by atoms with van der Waals surface area (Å²) in [6, 6.07) is 11.5. The number of carbonyl (C=O) groups is 2. The predicted octanol–water partition coefficient (Wildman–Crippen LogP) is 4.89. The lowest BCUT2D eigenvalue weighted by atomic mass is 10.2. The number of benzene rings is 1. The van der Waals surface area contributed by atoms with E-state index < -0.39 is 5.97 Å². The highest BCUT2D eigenvalue weighted by molar-refractivity contribution is 8.23. The molecule has 0 fully saturated rings. The van der Waals surface area contributed by atoms with E-state index in [1.807, 2.05) is 55.1 Å². The molecule has 5 nitrogen and oxygen atoms in total. The number of amides is 1. The normalized spacial score (nSPS) is 10.4. The van der Waals surface area contributed by atoms with Crippen LogP contribution in [0.1, 0.15) is 30.4 Å². The largest absolute Gasteiger partial charge is 0.462 e. The Morgan fingerprint density at radius 3 is 2.46 bits per heavy atom. The fraction of sp³-hybridized carbons (Fsp3) is 0.350. The summed E-state index contributed by atoms with van der Waals surface area (Å²) in [5.74, 6) is -0.451. The van der Waals surface area contributed by atoms with Crippen molar-refractivity contribution in [2.75, 3.05) is 30.8 Å². The Labute approximate surface area is 179 Å². The Hall–Kier alpha value is -1.90.